The van der Waals surface area contributed by atoms with E-state index in [2.05, 4.69) is 20.9 Å². The second-order valence-electron chi connectivity index (χ2n) is 10.4. The number of carboxylic acid groups (broad SMARTS) is 1. The van der Waals surface area contributed by atoms with Gasteiger partial charge in [-0.25, -0.2) is 4.79 Å². The second kappa shape index (κ2) is 14.1. The Balaban J connectivity index is 1.82. The summed E-state index contributed by atoms with van der Waals surface area (Å²) in [7, 11) is 0. The number of carboxylic acids is 1. The zero-order chi connectivity index (χ0) is 31.0. The minimum atomic E-state index is -1.58. The van der Waals surface area contributed by atoms with Gasteiger partial charge >= 0.3 is 5.97 Å². The molecule has 4 amide bonds. The van der Waals surface area contributed by atoms with Crippen LogP contribution in [-0.2, 0) is 36.8 Å². The van der Waals surface area contributed by atoms with Crippen LogP contribution in [0.25, 0.3) is 10.9 Å². The number of H-pyrrole nitrogens is 1. The molecule has 13 heteroatoms. The van der Waals surface area contributed by atoms with Crippen molar-refractivity contribution in [1.29, 1.82) is 0 Å². The van der Waals surface area contributed by atoms with E-state index in [0.29, 0.717) is 5.56 Å². The molecule has 13 nitrogen and oxygen atoms in total. The first kappa shape index (κ1) is 31.6. The van der Waals surface area contributed by atoms with Gasteiger partial charge in [0.25, 0.3) is 0 Å². The lowest BCUT2D eigenvalue weighted by Gasteiger charge is -2.27. The number of rotatable bonds is 14. The number of fused-ring (bicyclic) bond motifs is 1. The van der Waals surface area contributed by atoms with Crippen LogP contribution in [0.5, 0.6) is 5.75 Å². The number of amides is 4. The highest BCUT2D eigenvalue weighted by atomic mass is 16.4. The Morgan fingerprint density at radius 2 is 1.50 bits per heavy atom. The Labute approximate surface area is 242 Å². The molecule has 1 aromatic heterocycles. The summed E-state index contributed by atoms with van der Waals surface area (Å²) in [5.41, 5.74) is 13.5. The molecule has 10 N–H and O–H groups in total. The molecule has 0 saturated heterocycles. The summed E-state index contributed by atoms with van der Waals surface area (Å²) in [5.74, 6) is -4.92. The van der Waals surface area contributed by atoms with Crippen molar-refractivity contribution in [2.24, 2.45) is 17.4 Å². The molecule has 224 valence electrons. The number of aromatic hydroxyl groups is 1. The predicted octanol–water partition coefficient (Wildman–Crippen LogP) is 0.0564. The lowest BCUT2D eigenvalue weighted by Crippen LogP contribution is -2.59. The van der Waals surface area contributed by atoms with Gasteiger partial charge in [0.1, 0.15) is 23.9 Å². The maximum Gasteiger partial charge on any atom is 0.326 e. The average molecular weight is 581 g/mol. The van der Waals surface area contributed by atoms with Gasteiger partial charge < -0.3 is 42.6 Å². The van der Waals surface area contributed by atoms with Crippen molar-refractivity contribution in [3.63, 3.8) is 0 Å². The Hall–Kier alpha value is -4.91. The van der Waals surface area contributed by atoms with Crippen molar-refractivity contribution in [2.75, 3.05) is 0 Å². The molecule has 0 fully saturated rings. The first-order valence-electron chi connectivity index (χ1n) is 13.4. The first-order chi connectivity index (χ1) is 19.8. The fourth-order valence-electron chi connectivity index (χ4n) is 4.44. The molecule has 42 heavy (non-hydrogen) atoms. The molecule has 0 aliphatic heterocycles. The van der Waals surface area contributed by atoms with Gasteiger partial charge in [0.15, 0.2) is 0 Å². The predicted molar refractivity (Wildman–Crippen MR) is 154 cm³/mol. The number of phenolic OH excluding ortho intramolecular Hbond substituents is 1. The average Bonchev–Trinajstić information content (AvgIpc) is 3.34. The van der Waals surface area contributed by atoms with Gasteiger partial charge in [-0.2, -0.15) is 0 Å². The summed E-state index contributed by atoms with van der Waals surface area (Å²) >= 11 is 0. The second-order valence-corrected chi connectivity index (χ2v) is 10.4. The molecular weight excluding hydrogens is 544 g/mol. The third-order valence-electron chi connectivity index (χ3n) is 6.73. The molecule has 4 atom stereocenters. The molecule has 1 heterocycles. The maximum atomic E-state index is 13.6. The van der Waals surface area contributed by atoms with Crippen molar-refractivity contribution in [3.05, 3.63) is 65.9 Å². The van der Waals surface area contributed by atoms with E-state index in [1.807, 2.05) is 24.3 Å². The normalized spacial score (nSPS) is 14.0. The number of carbonyl (C=O) groups is 5. The summed E-state index contributed by atoms with van der Waals surface area (Å²) in [6.45, 7) is 3.30. The number of carbonyl (C=O) groups excluding carboxylic acids is 4. The maximum absolute atomic E-state index is 13.6. The Morgan fingerprint density at radius 3 is 2.12 bits per heavy atom. The van der Waals surface area contributed by atoms with E-state index in [4.69, 9.17) is 11.5 Å². The van der Waals surface area contributed by atoms with E-state index in [9.17, 15) is 34.2 Å². The molecule has 0 aliphatic rings. The van der Waals surface area contributed by atoms with Gasteiger partial charge in [0.05, 0.1) is 12.5 Å². The van der Waals surface area contributed by atoms with Crippen LogP contribution in [0.2, 0.25) is 0 Å². The summed E-state index contributed by atoms with van der Waals surface area (Å²) < 4.78 is 0. The van der Waals surface area contributed by atoms with Crippen LogP contribution in [0.1, 0.15) is 31.4 Å². The summed E-state index contributed by atoms with van der Waals surface area (Å²) in [6, 6.07) is 8.68. The van der Waals surface area contributed by atoms with Gasteiger partial charge in [-0.05, 0) is 41.7 Å². The van der Waals surface area contributed by atoms with E-state index >= 15 is 0 Å². The monoisotopic (exact) mass is 580 g/mol. The molecule has 4 unspecified atom stereocenters. The number of primary amides is 1. The fraction of sp³-hybridized carbons (Fsp3) is 0.345. The quantitative estimate of drug-likeness (QED) is 0.130. The van der Waals surface area contributed by atoms with Gasteiger partial charge in [-0.3, -0.25) is 19.2 Å². The molecule has 3 rings (SSSR count). The van der Waals surface area contributed by atoms with Crippen molar-refractivity contribution >= 4 is 40.5 Å². The number of benzene rings is 2. The van der Waals surface area contributed by atoms with Crippen LogP contribution < -0.4 is 27.4 Å². The van der Waals surface area contributed by atoms with Crippen molar-refractivity contribution < 1.29 is 34.2 Å². The number of hydrogen-bond donors (Lipinski definition) is 8. The topological polar surface area (TPSA) is 230 Å². The molecule has 0 bridgehead atoms. The first-order valence-corrected chi connectivity index (χ1v) is 13.4. The number of aromatic nitrogens is 1. The molecule has 3 aromatic rings. The highest BCUT2D eigenvalue weighted by Gasteiger charge is 2.33. The van der Waals surface area contributed by atoms with Gasteiger partial charge in [-0.1, -0.05) is 44.2 Å². The van der Waals surface area contributed by atoms with Crippen LogP contribution in [0.15, 0.2) is 54.7 Å². The number of aliphatic carboxylic acids is 1. The lowest BCUT2D eigenvalue weighted by molar-refractivity contribution is -0.144. The molecule has 0 spiro atoms. The molecule has 0 aliphatic carbocycles. The third-order valence-corrected chi connectivity index (χ3v) is 6.73. The summed E-state index contributed by atoms with van der Waals surface area (Å²) in [5, 5.41) is 27.3. The van der Waals surface area contributed by atoms with Crippen LogP contribution in [0.4, 0.5) is 0 Å². The minimum Gasteiger partial charge on any atom is -0.508 e. The number of aromatic amines is 1. The van der Waals surface area contributed by atoms with Crippen molar-refractivity contribution in [3.8, 4) is 5.75 Å². The molecule has 2 aromatic carbocycles. The van der Waals surface area contributed by atoms with Crippen molar-refractivity contribution in [2.45, 2.75) is 57.3 Å². The number of nitrogens with two attached hydrogens (primary N) is 2. The van der Waals surface area contributed by atoms with E-state index in [0.717, 1.165) is 16.5 Å². The number of para-hydroxylation sites is 1. The number of hydrogen-bond acceptors (Lipinski definition) is 7. The standard InChI is InChI=1S/C29H36N6O7/c1-15(2)25(28(40)34-23(29(41)42)13-24(31)37)35-27(39)22(12-17-14-32-21-6-4-3-5-19(17)21)33-26(38)20(30)11-16-7-9-18(36)10-8-16/h3-10,14-15,20,22-23,25,32,36H,11-13,30H2,1-2H3,(H2,31,37)(H,33,38)(H,34,40)(H,35,39)(H,41,42). The third kappa shape index (κ3) is 8.54. The Kier molecular flexibility index (Phi) is 10.6. The zero-order valence-electron chi connectivity index (χ0n) is 23.3. The SMILES string of the molecule is CC(C)C(NC(=O)C(Cc1c[nH]c2ccccc12)NC(=O)C(N)Cc1ccc(O)cc1)C(=O)NC(CC(N)=O)C(=O)O. The number of nitrogens with one attached hydrogen (secondary N) is 4. The number of phenols is 1. The zero-order valence-corrected chi connectivity index (χ0v) is 23.3. The van der Waals surface area contributed by atoms with Gasteiger partial charge in [0.2, 0.25) is 23.6 Å². The van der Waals surface area contributed by atoms with E-state index < -0.39 is 66.1 Å². The Bertz CT molecular complexity index is 1440. The van der Waals surface area contributed by atoms with Crippen LogP contribution in [0.3, 0.4) is 0 Å². The molecular formula is C29H36N6O7. The lowest BCUT2D eigenvalue weighted by atomic mass is 9.99. The van der Waals surface area contributed by atoms with Crippen LogP contribution in [-0.4, -0.2) is 69.0 Å². The van der Waals surface area contributed by atoms with Crippen LogP contribution >= 0.6 is 0 Å². The van der Waals surface area contributed by atoms with Crippen molar-refractivity contribution in [1.82, 2.24) is 20.9 Å². The van der Waals surface area contributed by atoms with Crippen LogP contribution in [0, 0.1) is 5.92 Å². The smallest absolute Gasteiger partial charge is 0.326 e. The molecule has 0 radical (unpaired) electrons. The fourth-order valence-corrected chi connectivity index (χ4v) is 4.44. The molecule has 0 saturated carbocycles. The van der Waals surface area contributed by atoms with E-state index in [-0.39, 0.29) is 18.6 Å². The highest BCUT2D eigenvalue weighted by molar-refractivity contribution is 5.95. The van der Waals surface area contributed by atoms with Gasteiger partial charge in [-0.15, -0.1) is 0 Å². The largest absolute Gasteiger partial charge is 0.508 e. The van der Waals surface area contributed by atoms with E-state index in [1.165, 1.54) is 12.1 Å². The van der Waals surface area contributed by atoms with E-state index in [1.54, 1.807) is 32.2 Å². The Morgan fingerprint density at radius 1 is 0.857 bits per heavy atom. The highest BCUT2D eigenvalue weighted by Crippen LogP contribution is 2.20. The van der Waals surface area contributed by atoms with Gasteiger partial charge in [0, 0.05) is 23.5 Å². The minimum absolute atomic E-state index is 0.0549. The summed E-state index contributed by atoms with van der Waals surface area (Å²) in [4.78, 5) is 65.7. The summed E-state index contributed by atoms with van der Waals surface area (Å²) in [6.07, 6.45) is 1.29.